The summed E-state index contributed by atoms with van der Waals surface area (Å²) in [6, 6.07) is 6.79. The number of ether oxygens (including phenoxy) is 1. The standard InChI is InChI=1S/C15H11F3N6O5S/c16-15(17,18)9-1-3-10(4-2-9)23-14(20-21-22-23)8-29-13-6-5-11(30(19,27)28)7-12(13)24(25)26/h1-7H,8H2,(H2,19,27,28). The molecule has 0 aliphatic rings. The molecule has 1 aromatic heterocycles. The number of rotatable bonds is 6. The summed E-state index contributed by atoms with van der Waals surface area (Å²) in [5.41, 5.74) is -1.32. The summed E-state index contributed by atoms with van der Waals surface area (Å²) in [7, 11) is -4.17. The van der Waals surface area contributed by atoms with Gasteiger partial charge in [-0.15, -0.1) is 5.10 Å². The summed E-state index contributed by atoms with van der Waals surface area (Å²) in [6.45, 7) is -0.399. The molecule has 1 heterocycles. The predicted molar refractivity (Wildman–Crippen MR) is 93.0 cm³/mol. The molecule has 0 radical (unpaired) electrons. The van der Waals surface area contributed by atoms with Crippen molar-refractivity contribution in [2.45, 2.75) is 17.7 Å². The first-order valence-electron chi connectivity index (χ1n) is 7.86. The monoisotopic (exact) mass is 444 g/mol. The third kappa shape index (κ3) is 4.52. The third-order valence-corrected chi connectivity index (χ3v) is 4.70. The molecule has 0 fully saturated rings. The van der Waals surface area contributed by atoms with E-state index in [1.165, 1.54) is 0 Å². The fourth-order valence-electron chi connectivity index (χ4n) is 2.37. The van der Waals surface area contributed by atoms with Gasteiger partial charge in [-0.05, 0) is 46.8 Å². The molecule has 158 valence electrons. The summed E-state index contributed by atoms with van der Waals surface area (Å²) in [4.78, 5) is 9.88. The number of hydrogen-bond donors (Lipinski definition) is 1. The number of hydrogen-bond acceptors (Lipinski definition) is 8. The SMILES string of the molecule is NS(=O)(=O)c1ccc(OCc2nnnn2-c2ccc(C(F)(F)F)cc2)c([N+](=O)[O-])c1. The Morgan fingerprint density at radius 1 is 1.17 bits per heavy atom. The molecule has 15 heteroatoms. The van der Waals surface area contributed by atoms with E-state index in [1.54, 1.807) is 0 Å². The number of nitrogens with two attached hydrogens (primary N) is 1. The summed E-state index contributed by atoms with van der Waals surface area (Å²) < 4.78 is 67.2. The van der Waals surface area contributed by atoms with Crippen LogP contribution in [0.25, 0.3) is 5.69 Å². The van der Waals surface area contributed by atoms with E-state index in [1.807, 2.05) is 0 Å². The van der Waals surface area contributed by atoms with Crippen molar-refractivity contribution in [3.05, 3.63) is 64.0 Å². The predicted octanol–water partition coefficient (Wildman–Crippen LogP) is 1.82. The van der Waals surface area contributed by atoms with Crippen LogP contribution < -0.4 is 9.88 Å². The fourth-order valence-corrected chi connectivity index (χ4v) is 2.90. The topological polar surface area (TPSA) is 156 Å². The van der Waals surface area contributed by atoms with Crippen LogP contribution >= 0.6 is 0 Å². The van der Waals surface area contributed by atoms with Gasteiger partial charge in [0.15, 0.2) is 18.2 Å². The van der Waals surface area contributed by atoms with E-state index in [4.69, 9.17) is 9.88 Å². The first-order valence-corrected chi connectivity index (χ1v) is 9.40. The Balaban J connectivity index is 1.85. The Bertz CT molecular complexity index is 1190. The van der Waals surface area contributed by atoms with Crippen molar-refractivity contribution in [3.8, 4) is 11.4 Å². The lowest BCUT2D eigenvalue weighted by Gasteiger charge is -2.10. The average molecular weight is 444 g/mol. The molecule has 2 N–H and O–H groups in total. The zero-order chi connectivity index (χ0) is 22.1. The zero-order valence-electron chi connectivity index (χ0n) is 14.6. The molecule has 3 rings (SSSR count). The van der Waals surface area contributed by atoms with Crippen molar-refractivity contribution < 1.29 is 31.2 Å². The minimum Gasteiger partial charge on any atom is -0.478 e. The molecule has 30 heavy (non-hydrogen) atoms. The smallest absolute Gasteiger partial charge is 0.416 e. The van der Waals surface area contributed by atoms with Gasteiger partial charge in [-0.2, -0.15) is 17.9 Å². The van der Waals surface area contributed by atoms with Crippen molar-refractivity contribution in [2.75, 3.05) is 0 Å². The van der Waals surface area contributed by atoms with E-state index >= 15 is 0 Å². The van der Waals surface area contributed by atoms with Gasteiger partial charge in [0.05, 0.1) is 21.1 Å². The first-order chi connectivity index (χ1) is 14.0. The Hall–Kier alpha value is -3.59. The van der Waals surface area contributed by atoms with E-state index < -0.39 is 43.9 Å². The molecule has 0 bridgehead atoms. The highest BCUT2D eigenvalue weighted by atomic mass is 32.2. The Labute approximate surface area is 166 Å². The van der Waals surface area contributed by atoms with Crippen LogP contribution in [0.4, 0.5) is 18.9 Å². The highest BCUT2D eigenvalue weighted by Gasteiger charge is 2.30. The van der Waals surface area contributed by atoms with E-state index in [2.05, 4.69) is 15.5 Å². The van der Waals surface area contributed by atoms with Gasteiger partial charge in [-0.1, -0.05) is 0 Å². The molecule has 0 amide bonds. The minimum absolute atomic E-state index is 0.0274. The van der Waals surface area contributed by atoms with Gasteiger partial charge >= 0.3 is 11.9 Å². The summed E-state index contributed by atoms with van der Waals surface area (Å²) in [6.07, 6.45) is -4.51. The highest BCUT2D eigenvalue weighted by molar-refractivity contribution is 7.89. The Morgan fingerprint density at radius 3 is 2.40 bits per heavy atom. The molecule has 0 saturated heterocycles. The summed E-state index contributed by atoms with van der Waals surface area (Å²) in [5.74, 6) is -0.256. The quantitative estimate of drug-likeness (QED) is 0.446. The van der Waals surface area contributed by atoms with Crippen LogP contribution in [0.1, 0.15) is 11.4 Å². The molecule has 2 aromatic carbocycles. The maximum atomic E-state index is 12.7. The summed E-state index contributed by atoms with van der Waals surface area (Å²) >= 11 is 0. The largest absolute Gasteiger partial charge is 0.478 e. The molecule has 0 atom stereocenters. The van der Waals surface area contributed by atoms with Gasteiger partial charge < -0.3 is 4.74 Å². The van der Waals surface area contributed by atoms with Crippen molar-refractivity contribution in [2.24, 2.45) is 5.14 Å². The van der Waals surface area contributed by atoms with E-state index in [-0.39, 0.29) is 17.3 Å². The maximum Gasteiger partial charge on any atom is 0.416 e. The molecule has 0 aliphatic carbocycles. The van der Waals surface area contributed by atoms with Crippen LogP contribution in [0, 0.1) is 10.1 Å². The molecule has 0 unspecified atom stereocenters. The first kappa shape index (κ1) is 21.1. The maximum absolute atomic E-state index is 12.7. The Morgan fingerprint density at radius 2 is 1.83 bits per heavy atom. The average Bonchev–Trinajstić information content (AvgIpc) is 3.13. The van der Waals surface area contributed by atoms with Crippen molar-refractivity contribution in [1.82, 2.24) is 20.2 Å². The summed E-state index contributed by atoms with van der Waals surface area (Å²) in [5, 5.41) is 26.9. The number of nitrogens with zero attached hydrogens (tertiary/aromatic N) is 5. The lowest BCUT2D eigenvalue weighted by atomic mass is 10.2. The third-order valence-electron chi connectivity index (χ3n) is 3.79. The molecular weight excluding hydrogens is 433 g/mol. The van der Waals surface area contributed by atoms with Crippen LogP contribution in [0.3, 0.4) is 0 Å². The number of nitro groups is 1. The number of nitro benzene ring substituents is 1. The molecule has 0 aliphatic heterocycles. The van der Waals surface area contributed by atoms with Gasteiger partial charge in [0.2, 0.25) is 10.0 Å². The highest BCUT2D eigenvalue weighted by Crippen LogP contribution is 2.31. The second kappa shape index (κ2) is 7.68. The van der Waals surface area contributed by atoms with Gasteiger partial charge in [-0.3, -0.25) is 10.1 Å². The number of aromatic nitrogens is 4. The van der Waals surface area contributed by atoms with Crippen LogP contribution in [0.5, 0.6) is 5.75 Å². The van der Waals surface area contributed by atoms with Crippen LogP contribution in [0.15, 0.2) is 47.4 Å². The zero-order valence-corrected chi connectivity index (χ0v) is 15.5. The lowest BCUT2D eigenvalue weighted by molar-refractivity contribution is -0.386. The van der Waals surface area contributed by atoms with E-state index in [0.29, 0.717) is 0 Å². The lowest BCUT2D eigenvalue weighted by Crippen LogP contribution is -2.13. The number of halogens is 3. The van der Waals surface area contributed by atoms with Gasteiger partial charge in [0, 0.05) is 6.07 Å². The molecule has 3 aromatic rings. The molecule has 0 saturated carbocycles. The number of primary sulfonamides is 1. The second-order valence-electron chi connectivity index (χ2n) is 5.77. The molecule has 0 spiro atoms. The fraction of sp³-hybridized carbons (Fsp3) is 0.133. The van der Waals surface area contributed by atoms with Crippen LogP contribution in [0.2, 0.25) is 0 Å². The van der Waals surface area contributed by atoms with Gasteiger partial charge in [-0.25, -0.2) is 13.6 Å². The number of tetrazole rings is 1. The number of alkyl halides is 3. The van der Waals surface area contributed by atoms with E-state index in [0.717, 1.165) is 47.1 Å². The minimum atomic E-state index is -4.51. The van der Waals surface area contributed by atoms with Gasteiger partial charge in [0.1, 0.15) is 0 Å². The number of sulfonamides is 1. The van der Waals surface area contributed by atoms with Crippen LogP contribution in [-0.2, 0) is 22.8 Å². The normalized spacial score (nSPS) is 12.0. The molecule has 11 nitrogen and oxygen atoms in total. The van der Waals surface area contributed by atoms with Crippen molar-refractivity contribution in [1.29, 1.82) is 0 Å². The Kier molecular flexibility index (Phi) is 5.41. The van der Waals surface area contributed by atoms with Crippen LogP contribution in [-0.4, -0.2) is 33.5 Å². The van der Waals surface area contributed by atoms with E-state index in [9.17, 15) is 31.7 Å². The second-order valence-corrected chi connectivity index (χ2v) is 7.33. The van der Waals surface area contributed by atoms with Crippen molar-refractivity contribution >= 4 is 15.7 Å². The van der Waals surface area contributed by atoms with Crippen molar-refractivity contribution in [3.63, 3.8) is 0 Å². The number of benzene rings is 2. The molecular formula is C15H11F3N6O5S. The van der Waals surface area contributed by atoms with Gasteiger partial charge in [0.25, 0.3) is 0 Å².